The number of likely N-dealkylation sites (tertiary alicyclic amines) is 2. The average molecular weight is 698 g/mol. The van der Waals surface area contributed by atoms with E-state index in [1.807, 2.05) is 24.0 Å². The Labute approximate surface area is 296 Å². The van der Waals surface area contributed by atoms with E-state index in [-0.39, 0.29) is 56.8 Å². The van der Waals surface area contributed by atoms with Crippen LogP contribution in [0.3, 0.4) is 0 Å². The van der Waals surface area contributed by atoms with Gasteiger partial charge in [0.05, 0.1) is 6.54 Å². The van der Waals surface area contributed by atoms with Gasteiger partial charge in [0.15, 0.2) is 0 Å². The van der Waals surface area contributed by atoms with Crippen molar-refractivity contribution >= 4 is 46.9 Å². The fourth-order valence-electron chi connectivity index (χ4n) is 6.49. The van der Waals surface area contributed by atoms with Crippen LogP contribution in [0.5, 0.6) is 5.75 Å². The molecule has 12 heteroatoms. The maximum absolute atomic E-state index is 13.7. The van der Waals surface area contributed by atoms with Gasteiger partial charge in [0, 0.05) is 54.4 Å². The van der Waals surface area contributed by atoms with E-state index < -0.39 is 18.0 Å². The van der Waals surface area contributed by atoms with Crippen LogP contribution >= 0.6 is 11.6 Å². The first-order chi connectivity index (χ1) is 24.1. The Morgan fingerprint density at radius 2 is 1.70 bits per heavy atom. The van der Waals surface area contributed by atoms with Crippen molar-refractivity contribution in [2.24, 2.45) is 0 Å². The van der Waals surface area contributed by atoms with E-state index in [0.717, 1.165) is 54.6 Å². The second-order valence-electron chi connectivity index (χ2n) is 13.0. The maximum atomic E-state index is 13.7. The zero-order valence-electron chi connectivity index (χ0n) is 28.0. The van der Waals surface area contributed by atoms with Crippen LogP contribution < -0.4 is 15.4 Å². The third-order valence-electron chi connectivity index (χ3n) is 9.37. The average Bonchev–Trinajstić information content (AvgIpc) is 3.45. The van der Waals surface area contributed by atoms with E-state index in [4.69, 9.17) is 16.3 Å². The topological polar surface area (TPSA) is 128 Å². The summed E-state index contributed by atoms with van der Waals surface area (Å²) in [5, 5.41) is 6.13. The Balaban J connectivity index is 1.02. The molecular formula is C38H40ClN5O6. The Morgan fingerprint density at radius 3 is 2.44 bits per heavy atom. The summed E-state index contributed by atoms with van der Waals surface area (Å²) >= 11 is 6.15. The highest BCUT2D eigenvalue weighted by Crippen LogP contribution is 2.31. The van der Waals surface area contributed by atoms with Crippen LogP contribution in [0.2, 0.25) is 5.02 Å². The maximum Gasteiger partial charge on any atom is 0.319 e. The molecule has 260 valence electrons. The van der Waals surface area contributed by atoms with Gasteiger partial charge in [0.1, 0.15) is 18.4 Å². The molecule has 3 aliphatic rings. The molecule has 3 aromatic rings. The molecule has 0 bridgehead atoms. The van der Waals surface area contributed by atoms with Crippen LogP contribution in [0.1, 0.15) is 64.7 Å². The molecule has 0 saturated carbocycles. The number of amides is 6. The van der Waals surface area contributed by atoms with E-state index in [2.05, 4.69) is 17.2 Å². The Morgan fingerprint density at radius 1 is 0.960 bits per heavy atom. The zero-order chi connectivity index (χ0) is 35.4. The first-order valence-electron chi connectivity index (χ1n) is 16.8. The molecule has 0 aliphatic carbocycles. The summed E-state index contributed by atoms with van der Waals surface area (Å²) in [6.45, 7) is 7.86. The van der Waals surface area contributed by atoms with Crippen LogP contribution in [0.4, 0.5) is 10.5 Å². The number of ether oxygens (including phenoxy) is 1. The summed E-state index contributed by atoms with van der Waals surface area (Å²) < 4.78 is 5.79. The highest BCUT2D eigenvalue weighted by Gasteiger charge is 2.42. The predicted octanol–water partition coefficient (Wildman–Crippen LogP) is 5.59. The molecule has 3 aliphatic heterocycles. The van der Waals surface area contributed by atoms with Gasteiger partial charge in [-0.3, -0.25) is 24.1 Å². The van der Waals surface area contributed by atoms with Crippen LogP contribution in [0, 0.1) is 6.92 Å². The lowest BCUT2D eigenvalue weighted by Crippen LogP contribution is -2.54. The summed E-state index contributed by atoms with van der Waals surface area (Å²) in [7, 11) is 0. The van der Waals surface area contributed by atoms with Crippen molar-refractivity contribution in [2.75, 3.05) is 25.0 Å². The van der Waals surface area contributed by atoms with Gasteiger partial charge in [0.25, 0.3) is 17.7 Å². The number of piperidine rings is 2. The molecule has 2 saturated heterocycles. The zero-order valence-corrected chi connectivity index (χ0v) is 28.8. The number of nitrogens with zero attached hydrogens (tertiary/aromatic N) is 3. The van der Waals surface area contributed by atoms with Gasteiger partial charge in [-0.25, -0.2) is 4.79 Å². The van der Waals surface area contributed by atoms with Crippen molar-refractivity contribution in [1.82, 2.24) is 20.0 Å². The van der Waals surface area contributed by atoms with Gasteiger partial charge in [-0.2, -0.15) is 0 Å². The molecule has 6 rings (SSSR count). The highest BCUT2D eigenvalue weighted by molar-refractivity contribution is 6.31. The molecule has 0 spiro atoms. The number of imide groups is 1. The third kappa shape index (κ3) is 7.83. The Bertz CT molecular complexity index is 1840. The van der Waals surface area contributed by atoms with E-state index in [0.29, 0.717) is 27.6 Å². The number of carbonyl (C=O) groups excluding carboxylic acids is 5. The lowest BCUT2D eigenvalue weighted by Gasteiger charge is -2.35. The summed E-state index contributed by atoms with van der Waals surface area (Å²) in [6, 6.07) is 16.5. The minimum atomic E-state index is -0.771. The quantitative estimate of drug-likeness (QED) is 0.210. The summed E-state index contributed by atoms with van der Waals surface area (Å²) in [4.78, 5) is 69.7. The number of anilines is 1. The van der Waals surface area contributed by atoms with Crippen LogP contribution in [0.15, 0.2) is 72.8 Å². The lowest BCUT2D eigenvalue weighted by molar-refractivity contribution is -0.153. The second kappa shape index (κ2) is 15.2. The van der Waals surface area contributed by atoms with Crippen molar-refractivity contribution in [1.29, 1.82) is 0 Å². The summed E-state index contributed by atoms with van der Waals surface area (Å²) in [6.07, 6.45) is 3.52. The SMILES string of the molecule is C=C(COc1ccc(CN2C(=O)CCC(N3Cc4cc(CNC(=O)Nc5ccc(C)c(Cl)c5)ccc4C3=O)C2=O)cc1)C(=O)N1CCCCC1. The molecule has 2 fully saturated rings. The fraction of sp³-hybridized carbons (Fsp3) is 0.342. The molecule has 6 amide bonds. The van der Waals surface area contributed by atoms with Crippen molar-refractivity contribution in [3.05, 3.63) is 106 Å². The summed E-state index contributed by atoms with van der Waals surface area (Å²) in [5.41, 5.74) is 4.66. The molecule has 0 radical (unpaired) electrons. The van der Waals surface area contributed by atoms with E-state index in [9.17, 15) is 24.0 Å². The number of fused-ring (bicyclic) bond motifs is 1. The van der Waals surface area contributed by atoms with Gasteiger partial charge >= 0.3 is 6.03 Å². The molecular weight excluding hydrogens is 658 g/mol. The summed E-state index contributed by atoms with van der Waals surface area (Å²) in [5.74, 6) is -0.502. The van der Waals surface area contributed by atoms with Gasteiger partial charge in [-0.15, -0.1) is 0 Å². The second-order valence-corrected chi connectivity index (χ2v) is 13.4. The number of aryl methyl sites for hydroxylation is 1. The van der Waals surface area contributed by atoms with Gasteiger partial charge in [-0.05, 0) is 85.2 Å². The molecule has 3 aromatic carbocycles. The third-order valence-corrected chi connectivity index (χ3v) is 9.77. The lowest BCUT2D eigenvalue weighted by atomic mass is 10.0. The number of hydrogen-bond donors (Lipinski definition) is 2. The Hall–Kier alpha value is -5.16. The highest BCUT2D eigenvalue weighted by atomic mass is 35.5. The molecule has 0 aromatic heterocycles. The minimum Gasteiger partial charge on any atom is -0.489 e. The molecule has 1 atom stereocenters. The van der Waals surface area contributed by atoms with Crippen molar-refractivity contribution in [2.45, 2.75) is 64.7 Å². The fourth-order valence-corrected chi connectivity index (χ4v) is 6.67. The van der Waals surface area contributed by atoms with Crippen LogP contribution in [-0.2, 0) is 34.0 Å². The molecule has 1 unspecified atom stereocenters. The van der Waals surface area contributed by atoms with E-state index in [1.54, 1.807) is 48.5 Å². The number of hydrogen-bond acceptors (Lipinski definition) is 6. The molecule has 3 heterocycles. The number of urea groups is 1. The number of halogens is 1. The van der Waals surface area contributed by atoms with Crippen LogP contribution in [-0.4, -0.2) is 70.1 Å². The smallest absolute Gasteiger partial charge is 0.319 e. The largest absolute Gasteiger partial charge is 0.489 e. The first-order valence-corrected chi connectivity index (χ1v) is 17.2. The van der Waals surface area contributed by atoms with Crippen molar-refractivity contribution < 1.29 is 28.7 Å². The molecule has 50 heavy (non-hydrogen) atoms. The number of benzene rings is 3. The molecule has 11 nitrogen and oxygen atoms in total. The first kappa shape index (κ1) is 34.7. The van der Waals surface area contributed by atoms with Crippen molar-refractivity contribution in [3.63, 3.8) is 0 Å². The Kier molecular flexibility index (Phi) is 10.5. The van der Waals surface area contributed by atoms with Crippen LogP contribution in [0.25, 0.3) is 0 Å². The standard InChI is InChI=1S/C38H40ClN5O6/c1-24-6-10-29(19-32(24)39)41-38(49)40-20-27-9-13-31-28(18-27)22-43(36(31)47)33-14-15-34(45)44(37(33)48)21-26-7-11-30(12-8-26)50-23-25(2)35(46)42-16-4-3-5-17-42/h6-13,18-19,33H,2-5,14-17,20-23H2,1H3,(H2,40,41,49). The van der Waals surface area contributed by atoms with E-state index in [1.165, 1.54) is 9.80 Å². The minimum absolute atomic E-state index is 0.0657. The predicted molar refractivity (Wildman–Crippen MR) is 188 cm³/mol. The normalized spacial score (nSPS) is 17.4. The molecule has 2 N–H and O–H groups in total. The number of nitrogens with one attached hydrogen (secondary N) is 2. The number of carbonyl (C=O) groups is 5. The monoisotopic (exact) mass is 697 g/mol. The van der Waals surface area contributed by atoms with Gasteiger partial charge in [0.2, 0.25) is 5.91 Å². The number of rotatable bonds is 10. The van der Waals surface area contributed by atoms with E-state index >= 15 is 0 Å². The van der Waals surface area contributed by atoms with Gasteiger partial charge in [-0.1, -0.05) is 48.5 Å². The van der Waals surface area contributed by atoms with Crippen molar-refractivity contribution in [3.8, 4) is 5.75 Å². The van der Waals surface area contributed by atoms with Gasteiger partial charge < -0.3 is 25.2 Å².